The molecule has 0 spiro atoms. The van der Waals surface area contributed by atoms with Crippen LogP contribution in [0.3, 0.4) is 0 Å². The molecule has 1 heterocycles. The summed E-state index contributed by atoms with van der Waals surface area (Å²) in [5.41, 5.74) is 4.23. The lowest BCUT2D eigenvalue weighted by Crippen LogP contribution is -2.34. The molecule has 0 unspecified atom stereocenters. The van der Waals surface area contributed by atoms with E-state index < -0.39 is 11.8 Å². The van der Waals surface area contributed by atoms with Crippen LogP contribution in [0.25, 0.3) is 11.1 Å². The molecule has 0 radical (unpaired) electrons. The Morgan fingerprint density at radius 2 is 1.75 bits per heavy atom. The van der Waals surface area contributed by atoms with E-state index >= 15 is 0 Å². The number of hydrogen-bond acceptors (Lipinski definition) is 4. The maximum Gasteiger partial charge on any atom is 0.277 e. The Kier molecular flexibility index (Phi) is 4.44. The van der Waals surface area contributed by atoms with Crippen LogP contribution in [0.5, 0.6) is 0 Å². The van der Waals surface area contributed by atoms with E-state index in [1.54, 1.807) is 0 Å². The number of benzene rings is 2. The first kappa shape index (κ1) is 16.0. The molecular weight excluding hydrogens is 304 g/mol. The molecule has 0 aliphatic carbocycles. The number of rotatable bonds is 5. The molecule has 5 heteroatoms. The Bertz CT molecular complexity index is 827. The van der Waals surface area contributed by atoms with Gasteiger partial charge >= 0.3 is 0 Å². The summed E-state index contributed by atoms with van der Waals surface area (Å²) in [4.78, 5) is 25.0. The quantitative estimate of drug-likeness (QED) is 0.829. The van der Waals surface area contributed by atoms with E-state index in [0.717, 1.165) is 21.7 Å². The third kappa shape index (κ3) is 3.21. The summed E-state index contributed by atoms with van der Waals surface area (Å²) >= 11 is 0. The molecule has 0 bridgehead atoms. The molecule has 1 aliphatic rings. The van der Waals surface area contributed by atoms with Crippen molar-refractivity contribution in [3.63, 3.8) is 0 Å². The van der Waals surface area contributed by atoms with Gasteiger partial charge in [0.05, 0.1) is 13.2 Å². The first-order valence-electron chi connectivity index (χ1n) is 7.71. The Balaban J connectivity index is 1.82. The minimum absolute atomic E-state index is 0.00266. The number of aliphatic hydroxyl groups excluding tert-OH is 1. The first-order chi connectivity index (χ1) is 11.6. The number of aliphatic hydroxyl groups is 1. The summed E-state index contributed by atoms with van der Waals surface area (Å²) in [6, 6.07) is 15.8. The minimum Gasteiger partial charge on any atom is -0.395 e. The highest BCUT2D eigenvalue weighted by atomic mass is 16.3. The normalized spacial score (nSPS) is 14.1. The summed E-state index contributed by atoms with van der Waals surface area (Å²) in [5, 5.41) is 11.9. The van der Waals surface area contributed by atoms with Gasteiger partial charge in [0.15, 0.2) is 0 Å². The molecule has 2 aromatic carbocycles. The number of anilines is 1. The minimum atomic E-state index is -0.421. The van der Waals surface area contributed by atoms with Gasteiger partial charge in [0.1, 0.15) is 5.70 Å². The standard InChI is InChI=1S/C19H18N2O3/c1-13-4-2-5-14(10-13)15-6-3-7-16(11-15)20-17-12-18(23)21(8-9-22)19(17)24/h2-7,10-12,20,22H,8-9H2,1H3. The average molecular weight is 322 g/mol. The Morgan fingerprint density at radius 3 is 2.46 bits per heavy atom. The van der Waals surface area contributed by atoms with Crippen LogP contribution in [0.1, 0.15) is 5.56 Å². The van der Waals surface area contributed by atoms with Crippen molar-refractivity contribution in [2.24, 2.45) is 0 Å². The molecule has 1 aliphatic heterocycles. The van der Waals surface area contributed by atoms with E-state index in [1.807, 2.05) is 49.4 Å². The molecule has 0 atom stereocenters. The molecule has 0 aromatic heterocycles. The molecule has 0 fully saturated rings. The van der Waals surface area contributed by atoms with Gasteiger partial charge < -0.3 is 10.4 Å². The first-order valence-corrected chi connectivity index (χ1v) is 7.71. The van der Waals surface area contributed by atoms with Gasteiger partial charge in [-0.1, -0.05) is 42.0 Å². The molecule has 0 saturated carbocycles. The molecule has 5 nitrogen and oxygen atoms in total. The van der Waals surface area contributed by atoms with Crippen molar-refractivity contribution in [3.05, 3.63) is 65.9 Å². The van der Waals surface area contributed by atoms with E-state index in [9.17, 15) is 9.59 Å². The summed E-state index contributed by atoms with van der Waals surface area (Å²) in [6.45, 7) is 1.79. The highest BCUT2D eigenvalue weighted by molar-refractivity contribution is 6.17. The van der Waals surface area contributed by atoms with Gasteiger partial charge in [-0.3, -0.25) is 14.5 Å². The number of aryl methyl sites for hydroxylation is 1. The number of nitrogens with one attached hydrogen (secondary N) is 1. The maximum atomic E-state index is 12.2. The summed E-state index contributed by atoms with van der Waals surface area (Å²) in [5.74, 6) is -0.832. The van der Waals surface area contributed by atoms with Crippen LogP contribution in [0.15, 0.2) is 60.3 Å². The fraction of sp³-hybridized carbons (Fsp3) is 0.158. The van der Waals surface area contributed by atoms with Gasteiger partial charge in [-0.2, -0.15) is 0 Å². The van der Waals surface area contributed by atoms with Crippen LogP contribution in [0, 0.1) is 6.92 Å². The van der Waals surface area contributed by atoms with Crippen molar-refractivity contribution in [1.82, 2.24) is 4.90 Å². The van der Waals surface area contributed by atoms with Gasteiger partial charge in [0.25, 0.3) is 11.8 Å². The zero-order valence-electron chi connectivity index (χ0n) is 13.3. The number of hydrogen-bond donors (Lipinski definition) is 2. The average Bonchev–Trinajstić information content (AvgIpc) is 2.83. The molecular formula is C19H18N2O3. The Hall–Kier alpha value is -2.92. The van der Waals surface area contributed by atoms with Gasteiger partial charge in [-0.15, -0.1) is 0 Å². The molecule has 2 aromatic rings. The number of carbonyl (C=O) groups is 2. The van der Waals surface area contributed by atoms with Crippen molar-refractivity contribution in [3.8, 4) is 11.1 Å². The van der Waals surface area contributed by atoms with Crippen molar-refractivity contribution in [1.29, 1.82) is 0 Å². The Labute approximate surface area is 140 Å². The van der Waals surface area contributed by atoms with E-state index in [0.29, 0.717) is 0 Å². The molecule has 3 rings (SSSR count). The van der Waals surface area contributed by atoms with Crippen LogP contribution in [0.2, 0.25) is 0 Å². The zero-order chi connectivity index (χ0) is 17.1. The Morgan fingerprint density at radius 1 is 1.04 bits per heavy atom. The lowest BCUT2D eigenvalue weighted by molar-refractivity contribution is -0.137. The van der Waals surface area contributed by atoms with Crippen LogP contribution in [-0.4, -0.2) is 35.0 Å². The summed E-state index contributed by atoms with van der Waals surface area (Å²) in [6.07, 6.45) is 1.26. The third-order valence-corrected chi connectivity index (χ3v) is 3.83. The topological polar surface area (TPSA) is 69.6 Å². The fourth-order valence-corrected chi connectivity index (χ4v) is 2.67. The molecule has 24 heavy (non-hydrogen) atoms. The summed E-state index contributed by atoms with van der Waals surface area (Å²) < 4.78 is 0. The maximum absolute atomic E-state index is 12.2. The van der Waals surface area contributed by atoms with Crippen molar-refractivity contribution in [2.75, 3.05) is 18.5 Å². The van der Waals surface area contributed by atoms with Crippen molar-refractivity contribution in [2.45, 2.75) is 6.92 Å². The van der Waals surface area contributed by atoms with E-state index in [1.165, 1.54) is 11.6 Å². The number of carbonyl (C=O) groups excluding carboxylic acids is 2. The summed E-state index contributed by atoms with van der Waals surface area (Å²) in [7, 11) is 0. The van der Waals surface area contributed by atoms with E-state index in [-0.39, 0.29) is 18.8 Å². The second kappa shape index (κ2) is 6.68. The highest BCUT2D eigenvalue weighted by Crippen LogP contribution is 2.25. The van der Waals surface area contributed by atoms with Crippen LogP contribution in [0.4, 0.5) is 5.69 Å². The van der Waals surface area contributed by atoms with Crippen molar-refractivity contribution < 1.29 is 14.7 Å². The smallest absolute Gasteiger partial charge is 0.277 e. The van der Waals surface area contributed by atoms with Crippen LogP contribution >= 0.6 is 0 Å². The predicted molar refractivity (Wildman–Crippen MR) is 92.1 cm³/mol. The van der Waals surface area contributed by atoms with E-state index in [4.69, 9.17) is 5.11 Å². The van der Waals surface area contributed by atoms with Crippen molar-refractivity contribution >= 4 is 17.5 Å². The number of β-amino-alcohol motifs (C(OH)–C–C–N with tert-alkyl or cyclic N) is 1. The lowest BCUT2D eigenvalue weighted by Gasteiger charge is -2.13. The number of nitrogens with zero attached hydrogens (tertiary/aromatic N) is 1. The largest absolute Gasteiger partial charge is 0.395 e. The monoisotopic (exact) mass is 322 g/mol. The van der Waals surface area contributed by atoms with Crippen LogP contribution < -0.4 is 5.32 Å². The number of imide groups is 1. The fourth-order valence-electron chi connectivity index (χ4n) is 2.67. The van der Waals surface area contributed by atoms with Gasteiger partial charge in [-0.25, -0.2) is 0 Å². The lowest BCUT2D eigenvalue weighted by atomic mass is 10.0. The number of amides is 2. The zero-order valence-corrected chi connectivity index (χ0v) is 13.3. The second-order valence-corrected chi connectivity index (χ2v) is 5.65. The third-order valence-electron chi connectivity index (χ3n) is 3.83. The molecule has 2 amide bonds. The van der Waals surface area contributed by atoms with Gasteiger partial charge in [-0.05, 0) is 30.2 Å². The van der Waals surface area contributed by atoms with E-state index in [2.05, 4.69) is 11.4 Å². The van der Waals surface area contributed by atoms with Gasteiger partial charge in [0, 0.05) is 11.8 Å². The highest BCUT2D eigenvalue weighted by Gasteiger charge is 2.30. The molecule has 2 N–H and O–H groups in total. The van der Waals surface area contributed by atoms with Gasteiger partial charge in [0.2, 0.25) is 0 Å². The second-order valence-electron chi connectivity index (χ2n) is 5.65. The molecule has 122 valence electrons. The SMILES string of the molecule is Cc1cccc(-c2cccc(NC3=CC(=O)N(CCO)C3=O)c2)c1. The van der Waals surface area contributed by atoms with Crippen LogP contribution in [-0.2, 0) is 9.59 Å². The molecule has 0 saturated heterocycles. The predicted octanol–water partition coefficient (Wildman–Crippen LogP) is 2.32.